The van der Waals surface area contributed by atoms with Gasteiger partial charge in [-0.3, -0.25) is 9.59 Å². The van der Waals surface area contributed by atoms with E-state index in [4.69, 9.17) is 16.0 Å². The van der Waals surface area contributed by atoms with E-state index in [1.54, 1.807) is 18.2 Å². The van der Waals surface area contributed by atoms with E-state index in [1.807, 2.05) is 6.92 Å². The molecule has 0 aliphatic carbocycles. The third-order valence-corrected chi connectivity index (χ3v) is 4.35. The second kappa shape index (κ2) is 8.57. The molecule has 0 fully saturated rings. The maximum Gasteiger partial charge on any atom is 0.290 e. The molecule has 3 aromatic rings. The van der Waals surface area contributed by atoms with Crippen molar-refractivity contribution in [1.82, 2.24) is 4.90 Å². The Bertz CT molecular complexity index is 1080. The highest BCUT2D eigenvalue weighted by Gasteiger charge is 2.23. The standard InChI is InChI=1S/C20H16ClF3N2O3/c1-2-7-26(10-17(27)25-14-5-4-13(22)18(23)19(14)24)20(28)16-9-11-8-12(21)3-6-15(11)29-16/h3-6,8-9H,2,7,10H2,1H3,(H,25,27). The fourth-order valence-corrected chi connectivity index (χ4v) is 2.96. The van der Waals surface area contributed by atoms with Gasteiger partial charge in [-0.1, -0.05) is 18.5 Å². The minimum Gasteiger partial charge on any atom is -0.451 e. The van der Waals surface area contributed by atoms with Gasteiger partial charge in [-0.05, 0) is 42.8 Å². The van der Waals surface area contributed by atoms with Crippen LogP contribution in [-0.2, 0) is 4.79 Å². The van der Waals surface area contributed by atoms with Crippen LogP contribution in [0, 0.1) is 17.5 Å². The number of carbonyl (C=O) groups is 2. The van der Waals surface area contributed by atoms with Crippen LogP contribution in [0.15, 0.2) is 40.8 Å². The summed E-state index contributed by atoms with van der Waals surface area (Å²) < 4.78 is 45.6. The van der Waals surface area contributed by atoms with E-state index in [0.717, 1.165) is 6.07 Å². The van der Waals surface area contributed by atoms with Crippen molar-refractivity contribution < 1.29 is 27.2 Å². The molecule has 1 heterocycles. The van der Waals surface area contributed by atoms with Crippen molar-refractivity contribution in [2.24, 2.45) is 0 Å². The molecule has 152 valence electrons. The lowest BCUT2D eigenvalue weighted by atomic mass is 10.2. The molecular weight excluding hydrogens is 409 g/mol. The third-order valence-electron chi connectivity index (χ3n) is 4.11. The quantitative estimate of drug-likeness (QED) is 0.567. The first-order chi connectivity index (χ1) is 13.8. The number of hydrogen-bond acceptors (Lipinski definition) is 3. The second-order valence-electron chi connectivity index (χ2n) is 6.29. The molecule has 1 N–H and O–H groups in total. The molecule has 5 nitrogen and oxygen atoms in total. The monoisotopic (exact) mass is 424 g/mol. The number of benzene rings is 2. The fourth-order valence-electron chi connectivity index (χ4n) is 2.78. The maximum absolute atomic E-state index is 13.7. The molecule has 1 aromatic heterocycles. The van der Waals surface area contributed by atoms with E-state index in [2.05, 4.69) is 5.32 Å². The van der Waals surface area contributed by atoms with Gasteiger partial charge in [0.2, 0.25) is 5.91 Å². The van der Waals surface area contributed by atoms with Crippen LogP contribution in [0.1, 0.15) is 23.9 Å². The number of carbonyl (C=O) groups excluding carboxylic acids is 2. The number of fused-ring (bicyclic) bond motifs is 1. The van der Waals surface area contributed by atoms with E-state index < -0.39 is 41.5 Å². The zero-order valence-electron chi connectivity index (χ0n) is 15.3. The van der Waals surface area contributed by atoms with Crippen LogP contribution in [0.5, 0.6) is 0 Å². The molecule has 2 aromatic carbocycles. The van der Waals surface area contributed by atoms with Crippen LogP contribution in [-0.4, -0.2) is 29.8 Å². The first-order valence-electron chi connectivity index (χ1n) is 8.72. The van der Waals surface area contributed by atoms with Gasteiger partial charge in [-0.15, -0.1) is 0 Å². The molecule has 0 saturated carbocycles. The van der Waals surface area contributed by atoms with Crippen molar-refractivity contribution in [2.75, 3.05) is 18.4 Å². The SMILES string of the molecule is CCCN(CC(=O)Nc1ccc(F)c(F)c1F)C(=O)c1cc2cc(Cl)ccc2o1. The summed E-state index contributed by atoms with van der Waals surface area (Å²) in [6, 6.07) is 7.99. The average Bonchev–Trinajstić information content (AvgIpc) is 3.10. The van der Waals surface area contributed by atoms with Gasteiger partial charge in [0.25, 0.3) is 5.91 Å². The van der Waals surface area contributed by atoms with E-state index in [9.17, 15) is 22.8 Å². The van der Waals surface area contributed by atoms with Gasteiger partial charge < -0.3 is 14.6 Å². The van der Waals surface area contributed by atoms with Gasteiger partial charge in [-0.25, -0.2) is 13.2 Å². The van der Waals surface area contributed by atoms with Crippen LogP contribution >= 0.6 is 11.6 Å². The first kappa shape index (κ1) is 20.7. The Kier molecular flexibility index (Phi) is 6.12. The van der Waals surface area contributed by atoms with E-state index in [0.29, 0.717) is 28.5 Å². The molecule has 0 spiro atoms. The maximum atomic E-state index is 13.7. The van der Waals surface area contributed by atoms with Crippen LogP contribution in [0.4, 0.5) is 18.9 Å². The van der Waals surface area contributed by atoms with Gasteiger partial charge in [0.05, 0.1) is 5.69 Å². The Hall–Kier alpha value is -3.00. The van der Waals surface area contributed by atoms with Crippen molar-refractivity contribution in [1.29, 1.82) is 0 Å². The predicted molar refractivity (Wildman–Crippen MR) is 102 cm³/mol. The Morgan fingerprint density at radius 3 is 2.59 bits per heavy atom. The molecule has 0 aliphatic heterocycles. The summed E-state index contributed by atoms with van der Waals surface area (Å²) in [5, 5.41) is 3.26. The highest BCUT2D eigenvalue weighted by atomic mass is 35.5. The molecule has 0 unspecified atom stereocenters. The van der Waals surface area contributed by atoms with Gasteiger partial charge >= 0.3 is 0 Å². The fraction of sp³-hybridized carbons (Fsp3) is 0.200. The lowest BCUT2D eigenvalue weighted by Gasteiger charge is -2.20. The summed E-state index contributed by atoms with van der Waals surface area (Å²) in [7, 11) is 0. The van der Waals surface area contributed by atoms with Crippen molar-refractivity contribution in [3.05, 3.63) is 64.6 Å². The number of furan rings is 1. The summed E-state index contributed by atoms with van der Waals surface area (Å²) >= 11 is 5.93. The molecule has 29 heavy (non-hydrogen) atoms. The van der Waals surface area contributed by atoms with Crippen molar-refractivity contribution in [3.8, 4) is 0 Å². The second-order valence-corrected chi connectivity index (χ2v) is 6.73. The van der Waals surface area contributed by atoms with E-state index in [-0.39, 0.29) is 12.3 Å². The number of nitrogens with one attached hydrogen (secondary N) is 1. The summed E-state index contributed by atoms with van der Waals surface area (Å²) in [5.74, 6) is -5.86. The first-order valence-corrected chi connectivity index (χ1v) is 9.09. The molecule has 3 rings (SSSR count). The zero-order valence-corrected chi connectivity index (χ0v) is 16.0. The Morgan fingerprint density at radius 2 is 1.86 bits per heavy atom. The minimum atomic E-state index is -1.69. The Labute approximate surface area is 169 Å². The van der Waals surface area contributed by atoms with Gasteiger partial charge in [0.1, 0.15) is 12.1 Å². The van der Waals surface area contributed by atoms with E-state index in [1.165, 1.54) is 11.0 Å². The summed E-state index contributed by atoms with van der Waals surface area (Å²) in [5.41, 5.74) is -0.0568. The van der Waals surface area contributed by atoms with Gasteiger partial charge in [0.15, 0.2) is 23.2 Å². The predicted octanol–water partition coefficient (Wildman–Crippen LogP) is 4.99. The normalized spacial score (nSPS) is 10.9. The molecule has 0 aliphatic rings. The number of hydrogen-bond donors (Lipinski definition) is 1. The number of amides is 2. The van der Waals surface area contributed by atoms with E-state index >= 15 is 0 Å². The number of halogens is 4. The Balaban J connectivity index is 1.77. The summed E-state index contributed by atoms with van der Waals surface area (Å²) in [6.07, 6.45) is 0.546. The summed E-state index contributed by atoms with van der Waals surface area (Å²) in [6.45, 7) is 1.61. The number of rotatable bonds is 6. The molecule has 0 atom stereocenters. The summed E-state index contributed by atoms with van der Waals surface area (Å²) in [4.78, 5) is 26.3. The van der Waals surface area contributed by atoms with Gasteiger partial charge in [0, 0.05) is 17.0 Å². The molecule has 0 bridgehead atoms. The van der Waals surface area contributed by atoms with Crippen LogP contribution in [0.3, 0.4) is 0 Å². The number of nitrogens with zero attached hydrogens (tertiary/aromatic N) is 1. The molecule has 0 saturated heterocycles. The van der Waals surface area contributed by atoms with Crippen LogP contribution < -0.4 is 5.32 Å². The molecule has 0 radical (unpaired) electrons. The smallest absolute Gasteiger partial charge is 0.290 e. The average molecular weight is 425 g/mol. The van der Waals surface area contributed by atoms with Crippen LogP contribution in [0.25, 0.3) is 11.0 Å². The molecule has 2 amide bonds. The molecule has 9 heteroatoms. The highest BCUT2D eigenvalue weighted by Crippen LogP contribution is 2.24. The van der Waals surface area contributed by atoms with Crippen molar-refractivity contribution in [2.45, 2.75) is 13.3 Å². The van der Waals surface area contributed by atoms with Crippen molar-refractivity contribution in [3.63, 3.8) is 0 Å². The van der Waals surface area contributed by atoms with Gasteiger partial charge in [-0.2, -0.15) is 0 Å². The lowest BCUT2D eigenvalue weighted by molar-refractivity contribution is -0.116. The lowest BCUT2D eigenvalue weighted by Crippen LogP contribution is -2.38. The minimum absolute atomic E-state index is 0.0162. The third kappa shape index (κ3) is 4.54. The largest absolute Gasteiger partial charge is 0.451 e. The number of anilines is 1. The van der Waals surface area contributed by atoms with Crippen molar-refractivity contribution >= 4 is 40.1 Å². The zero-order chi connectivity index (χ0) is 21.1. The van der Waals surface area contributed by atoms with Crippen LogP contribution in [0.2, 0.25) is 5.02 Å². The molecular formula is C20H16ClF3N2O3. The topological polar surface area (TPSA) is 62.6 Å². The Morgan fingerprint density at radius 1 is 1.10 bits per heavy atom. The highest BCUT2D eigenvalue weighted by molar-refractivity contribution is 6.31.